The van der Waals surface area contributed by atoms with Crippen molar-refractivity contribution < 1.29 is 19.1 Å². The number of benzene rings is 2. The fourth-order valence-corrected chi connectivity index (χ4v) is 3.35. The Morgan fingerprint density at radius 2 is 1.54 bits per heavy atom. The molecule has 5 heteroatoms. The van der Waals surface area contributed by atoms with Crippen LogP contribution >= 0.6 is 0 Å². The third-order valence-corrected chi connectivity index (χ3v) is 4.54. The summed E-state index contributed by atoms with van der Waals surface area (Å²) in [6, 6.07) is 19.2. The maximum absolute atomic E-state index is 12.5. The monoisotopic (exact) mass is 351 g/mol. The SMILES string of the molecule is COC(=O)C1=CN(Cc2ccccc2)C(c2ccccc2)C1C(=O)OC. The Hall–Kier alpha value is -3.08. The van der Waals surface area contributed by atoms with Gasteiger partial charge in [0.2, 0.25) is 0 Å². The Labute approximate surface area is 152 Å². The Morgan fingerprint density at radius 3 is 2.12 bits per heavy atom. The predicted octanol–water partition coefficient (Wildman–Crippen LogP) is 3.09. The number of rotatable bonds is 5. The molecule has 0 amide bonds. The average Bonchev–Trinajstić information content (AvgIpc) is 3.07. The first-order valence-electron chi connectivity index (χ1n) is 8.38. The minimum atomic E-state index is -0.737. The van der Waals surface area contributed by atoms with Gasteiger partial charge in [0.05, 0.1) is 25.8 Å². The van der Waals surface area contributed by atoms with E-state index in [1.807, 2.05) is 65.6 Å². The number of nitrogens with zero attached hydrogens (tertiary/aromatic N) is 1. The van der Waals surface area contributed by atoms with Gasteiger partial charge in [-0.2, -0.15) is 0 Å². The zero-order chi connectivity index (χ0) is 18.5. The van der Waals surface area contributed by atoms with Crippen LogP contribution in [0.2, 0.25) is 0 Å². The third-order valence-electron chi connectivity index (χ3n) is 4.54. The Bertz CT molecular complexity index is 801. The fourth-order valence-electron chi connectivity index (χ4n) is 3.35. The van der Waals surface area contributed by atoms with Gasteiger partial charge in [-0.3, -0.25) is 4.79 Å². The summed E-state index contributed by atoms with van der Waals surface area (Å²) < 4.78 is 9.90. The second-order valence-corrected chi connectivity index (χ2v) is 6.09. The van der Waals surface area contributed by atoms with E-state index < -0.39 is 17.9 Å². The first-order valence-corrected chi connectivity index (χ1v) is 8.38. The van der Waals surface area contributed by atoms with Crippen LogP contribution in [0.1, 0.15) is 17.2 Å². The smallest absolute Gasteiger partial charge is 0.336 e. The van der Waals surface area contributed by atoms with Crippen molar-refractivity contribution in [1.29, 1.82) is 0 Å². The molecule has 26 heavy (non-hydrogen) atoms. The van der Waals surface area contributed by atoms with E-state index in [0.29, 0.717) is 12.1 Å². The lowest BCUT2D eigenvalue weighted by molar-refractivity contribution is -0.148. The fraction of sp³-hybridized carbons (Fsp3) is 0.238. The van der Waals surface area contributed by atoms with Gasteiger partial charge in [0.25, 0.3) is 0 Å². The molecule has 0 aliphatic carbocycles. The van der Waals surface area contributed by atoms with Gasteiger partial charge in [0.1, 0.15) is 5.92 Å². The van der Waals surface area contributed by atoms with Crippen LogP contribution in [0.5, 0.6) is 0 Å². The zero-order valence-corrected chi connectivity index (χ0v) is 14.8. The van der Waals surface area contributed by atoms with E-state index in [1.165, 1.54) is 14.2 Å². The molecule has 0 radical (unpaired) electrons. The first-order chi connectivity index (χ1) is 12.7. The van der Waals surface area contributed by atoms with Crippen molar-refractivity contribution in [2.75, 3.05) is 14.2 Å². The number of ether oxygens (including phenoxy) is 2. The van der Waals surface area contributed by atoms with Gasteiger partial charge in [-0.25, -0.2) is 4.79 Å². The number of esters is 2. The molecule has 5 nitrogen and oxygen atoms in total. The molecule has 1 aliphatic rings. The largest absolute Gasteiger partial charge is 0.468 e. The summed E-state index contributed by atoms with van der Waals surface area (Å²) in [6.45, 7) is 0.564. The molecule has 2 unspecified atom stereocenters. The lowest BCUT2D eigenvalue weighted by atomic mass is 9.89. The first kappa shape index (κ1) is 17.7. The number of hydrogen-bond acceptors (Lipinski definition) is 5. The van der Waals surface area contributed by atoms with E-state index >= 15 is 0 Å². The molecule has 0 aromatic heterocycles. The Balaban J connectivity index is 2.04. The second-order valence-electron chi connectivity index (χ2n) is 6.09. The molecule has 134 valence electrons. The maximum atomic E-state index is 12.5. The van der Waals surface area contributed by atoms with Crippen LogP contribution in [-0.2, 0) is 25.6 Å². The topological polar surface area (TPSA) is 55.8 Å². The second kappa shape index (κ2) is 7.87. The highest BCUT2D eigenvalue weighted by Gasteiger charge is 2.44. The zero-order valence-electron chi connectivity index (χ0n) is 14.8. The molecule has 0 saturated carbocycles. The van der Waals surface area contributed by atoms with E-state index in [4.69, 9.17) is 9.47 Å². The quantitative estimate of drug-likeness (QED) is 0.775. The molecule has 1 aliphatic heterocycles. The minimum Gasteiger partial charge on any atom is -0.468 e. The van der Waals surface area contributed by atoms with E-state index in [-0.39, 0.29) is 6.04 Å². The van der Waals surface area contributed by atoms with Crippen LogP contribution in [0.25, 0.3) is 0 Å². The summed E-state index contributed by atoms with van der Waals surface area (Å²) in [4.78, 5) is 26.8. The van der Waals surface area contributed by atoms with Gasteiger partial charge >= 0.3 is 11.9 Å². The molecule has 0 bridgehead atoms. The van der Waals surface area contributed by atoms with Crippen molar-refractivity contribution in [1.82, 2.24) is 4.90 Å². The summed E-state index contributed by atoms with van der Waals surface area (Å²) in [5.74, 6) is -1.71. The van der Waals surface area contributed by atoms with Crippen molar-refractivity contribution in [3.8, 4) is 0 Å². The van der Waals surface area contributed by atoms with Crippen molar-refractivity contribution in [2.45, 2.75) is 12.6 Å². The highest BCUT2D eigenvalue weighted by atomic mass is 16.5. The third kappa shape index (κ3) is 3.47. The molecule has 2 aromatic rings. The molecule has 1 heterocycles. The minimum absolute atomic E-state index is 0.309. The van der Waals surface area contributed by atoms with Crippen LogP contribution in [0.3, 0.4) is 0 Å². The van der Waals surface area contributed by atoms with Crippen LogP contribution < -0.4 is 0 Å². The summed E-state index contributed by atoms with van der Waals surface area (Å²) >= 11 is 0. The lowest BCUT2D eigenvalue weighted by Crippen LogP contribution is -2.31. The van der Waals surface area contributed by atoms with Crippen molar-refractivity contribution in [2.24, 2.45) is 5.92 Å². The summed E-state index contributed by atoms with van der Waals surface area (Å²) in [6.07, 6.45) is 1.72. The molecule has 0 fully saturated rings. The molecule has 0 saturated heterocycles. The average molecular weight is 351 g/mol. The highest BCUT2D eigenvalue weighted by Crippen LogP contribution is 2.41. The van der Waals surface area contributed by atoms with Crippen LogP contribution in [-0.4, -0.2) is 31.1 Å². The van der Waals surface area contributed by atoms with Gasteiger partial charge < -0.3 is 14.4 Å². The molecular formula is C21H21NO4. The molecule has 0 N–H and O–H groups in total. The number of methoxy groups -OCH3 is 2. The Kier molecular flexibility index (Phi) is 5.37. The van der Waals surface area contributed by atoms with Gasteiger partial charge in [-0.1, -0.05) is 60.7 Å². The predicted molar refractivity (Wildman–Crippen MR) is 96.8 cm³/mol. The number of carbonyl (C=O) groups is 2. The molecular weight excluding hydrogens is 330 g/mol. The van der Waals surface area contributed by atoms with Crippen LogP contribution in [0.4, 0.5) is 0 Å². The number of carbonyl (C=O) groups excluding carboxylic acids is 2. The van der Waals surface area contributed by atoms with E-state index in [2.05, 4.69) is 0 Å². The van der Waals surface area contributed by atoms with Gasteiger partial charge in [-0.05, 0) is 11.1 Å². The maximum Gasteiger partial charge on any atom is 0.336 e. The summed E-state index contributed by atoms with van der Waals surface area (Å²) in [7, 11) is 2.65. The normalized spacial score (nSPS) is 19.0. The van der Waals surface area contributed by atoms with Gasteiger partial charge in [0.15, 0.2) is 0 Å². The Morgan fingerprint density at radius 1 is 0.923 bits per heavy atom. The molecule has 2 aromatic carbocycles. The van der Waals surface area contributed by atoms with Crippen molar-refractivity contribution in [3.63, 3.8) is 0 Å². The van der Waals surface area contributed by atoms with Gasteiger partial charge in [0, 0.05) is 12.7 Å². The summed E-state index contributed by atoms with van der Waals surface area (Å²) in [5, 5.41) is 0. The van der Waals surface area contributed by atoms with Crippen molar-refractivity contribution in [3.05, 3.63) is 83.6 Å². The van der Waals surface area contributed by atoms with Crippen LogP contribution in [0, 0.1) is 5.92 Å². The summed E-state index contributed by atoms with van der Waals surface area (Å²) in [5.41, 5.74) is 2.33. The standard InChI is InChI=1S/C21H21NO4/c1-25-20(23)17-14-22(13-15-9-5-3-6-10-15)19(18(17)21(24)26-2)16-11-7-4-8-12-16/h3-12,14,18-19H,13H2,1-2H3. The van der Waals surface area contributed by atoms with Crippen LogP contribution in [0.15, 0.2) is 72.4 Å². The molecule has 3 rings (SSSR count). The number of hydrogen-bond donors (Lipinski definition) is 0. The highest BCUT2D eigenvalue weighted by molar-refractivity contribution is 5.96. The van der Waals surface area contributed by atoms with E-state index in [0.717, 1.165) is 11.1 Å². The lowest BCUT2D eigenvalue weighted by Gasteiger charge is -2.29. The molecule has 0 spiro atoms. The van der Waals surface area contributed by atoms with E-state index in [9.17, 15) is 9.59 Å². The van der Waals surface area contributed by atoms with E-state index in [1.54, 1.807) is 6.20 Å². The van der Waals surface area contributed by atoms with Gasteiger partial charge in [-0.15, -0.1) is 0 Å². The van der Waals surface area contributed by atoms with Crippen molar-refractivity contribution >= 4 is 11.9 Å². The molecule has 2 atom stereocenters.